The molecule has 1 unspecified atom stereocenters. The predicted molar refractivity (Wildman–Crippen MR) is 102 cm³/mol. The number of methoxy groups -OCH3 is 1. The first-order valence-corrected chi connectivity index (χ1v) is 8.58. The Morgan fingerprint density at radius 2 is 1.69 bits per heavy atom. The molecule has 1 N–H and O–H groups in total. The third-order valence-electron chi connectivity index (χ3n) is 4.22. The molecule has 1 atom stereocenters. The first-order valence-electron chi connectivity index (χ1n) is 8.20. The lowest BCUT2D eigenvalue weighted by atomic mass is 10.0. The van der Waals surface area contributed by atoms with Gasteiger partial charge in [-0.25, -0.2) is 0 Å². The van der Waals surface area contributed by atoms with E-state index in [1.54, 1.807) is 24.3 Å². The molecule has 132 valence electrons. The summed E-state index contributed by atoms with van der Waals surface area (Å²) in [7, 11) is 1.32. The minimum absolute atomic E-state index is 0.00323. The molecular formula is C21H18ClNO3. The Bertz CT molecular complexity index is 949. The number of carbonyl (C=O) groups is 2. The van der Waals surface area contributed by atoms with Crippen molar-refractivity contribution in [3.63, 3.8) is 0 Å². The Hall–Kier alpha value is -2.85. The summed E-state index contributed by atoms with van der Waals surface area (Å²) in [6.07, 6.45) is -0.00323. The number of hydrogen-bond acceptors (Lipinski definition) is 3. The second kappa shape index (κ2) is 8.02. The molecule has 0 saturated heterocycles. The molecule has 3 aromatic carbocycles. The van der Waals surface area contributed by atoms with Crippen LogP contribution in [0.2, 0.25) is 5.02 Å². The van der Waals surface area contributed by atoms with Crippen molar-refractivity contribution in [3.05, 3.63) is 82.9 Å². The second-order valence-corrected chi connectivity index (χ2v) is 6.26. The normalized spacial score (nSPS) is 11.8. The molecule has 4 nitrogen and oxygen atoms in total. The highest BCUT2D eigenvalue weighted by Crippen LogP contribution is 2.27. The van der Waals surface area contributed by atoms with E-state index in [4.69, 9.17) is 16.3 Å². The third kappa shape index (κ3) is 3.86. The van der Waals surface area contributed by atoms with Crippen LogP contribution in [0, 0.1) is 0 Å². The summed E-state index contributed by atoms with van der Waals surface area (Å²) < 4.78 is 4.77. The van der Waals surface area contributed by atoms with Gasteiger partial charge in [0.2, 0.25) is 0 Å². The zero-order chi connectivity index (χ0) is 18.5. The van der Waals surface area contributed by atoms with E-state index in [-0.39, 0.29) is 12.3 Å². The molecule has 0 spiro atoms. The number of ether oxygens (including phenoxy) is 1. The summed E-state index contributed by atoms with van der Waals surface area (Å²) in [6.45, 7) is 0. The molecule has 3 aromatic rings. The lowest BCUT2D eigenvalue weighted by molar-refractivity contribution is -0.141. The van der Waals surface area contributed by atoms with Crippen molar-refractivity contribution in [1.29, 1.82) is 0 Å². The van der Waals surface area contributed by atoms with E-state index in [9.17, 15) is 9.59 Å². The maximum absolute atomic E-state index is 12.9. The van der Waals surface area contributed by atoms with E-state index in [1.807, 2.05) is 42.5 Å². The summed E-state index contributed by atoms with van der Waals surface area (Å²) in [4.78, 5) is 24.7. The van der Waals surface area contributed by atoms with Crippen LogP contribution in [0.1, 0.15) is 28.4 Å². The van der Waals surface area contributed by atoms with Crippen LogP contribution in [0.3, 0.4) is 0 Å². The first kappa shape index (κ1) is 18.0. The minimum Gasteiger partial charge on any atom is -0.469 e. The van der Waals surface area contributed by atoms with Crippen LogP contribution < -0.4 is 5.32 Å². The molecule has 0 aromatic heterocycles. The summed E-state index contributed by atoms with van der Waals surface area (Å²) in [5.74, 6) is -0.691. The number of rotatable bonds is 5. The number of halogens is 1. The van der Waals surface area contributed by atoms with E-state index < -0.39 is 12.0 Å². The van der Waals surface area contributed by atoms with Gasteiger partial charge >= 0.3 is 5.97 Å². The van der Waals surface area contributed by atoms with E-state index in [0.717, 1.165) is 10.8 Å². The summed E-state index contributed by atoms with van der Waals surface area (Å²) in [5.41, 5.74) is 1.22. The highest BCUT2D eigenvalue weighted by atomic mass is 35.5. The zero-order valence-corrected chi connectivity index (χ0v) is 15.0. The molecule has 0 heterocycles. The molecule has 5 heteroatoms. The van der Waals surface area contributed by atoms with Gasteiger partial charge in [0.25, 0.3) is 5.91 Å². The first-order chi connectivity index (χ1) is 12.6. The van der Waals surface area contributed by atoms with Crippen molar-refractivity contribution in [1.82, 2.24) is 5.32 Å². The topological polar surface area (TPSA) is 55.4 Å². The van der Waals surface area contributed by atoms with Gasteiger partial charge in [-0.05, 0) is 28.5 Å². The number of fused-ring (bicyclic) bond motifs is 1. The number of hydrogen-bond donors (Lipinski definition) is 1. The molecule has 26 heavy (non-hydrogen) atoms. The fourth-order valence-electron chi connectivity index (χ4n) is 2.91. The van der Waals surface area contributed by atoms with Gasteiger partial charge in [-0.2, -0.15) is 0 Å². The molecule has 0 aliphatic carbocycles. The largest absolute Gasteiger partial charge is 0.469 e. The van der Waals surface area contributed by atoms with Gasteiger partial charge in [-0.3, -0.25) is 9.59 Å². The third-order valence-corrected chi connectivity index (χ3v) is 4.56. The van der Waals surface area contributed by atoms with Crippen LogP contribution in [-0.2, 0) is 9.53 Å². The summed E-state index contributed by atoms with van der Waals surface area (Å²) in [6, 6.07) is 19.8. The minimum atomic E-state index is -0.581. The second-order valence-electron chi connectivity index (χ2n) is 5.85. The van der Waals surface area contributed by atoms with Gasteiger partial charge in [0.15, 0.2) is 0 Å². The Kier molecular flexibility index (Phi) is 5.54. The van der Waals surface area contributed by atoms with Crippen molar-refractivity contribution in [3.8, 4) is 0 Å². The Morgan fingerprint density at radius 3 is 2.46 bits per heavy atom. The predicted octanol–water partition coefficient (Wildman–Crippen LogP) is 4.53. The van der Waals surface area contributed by atoms with Crippen molar-refractivity contribution < 1.29 is 14.3 Å². The average Bonchev–Trinajstić information content (AvgIpc) is 2.67. The lowest BCUT2D eigenvalue weighted by Crippen LogP contribution is -2.30. The van der Waals surface area contributed by atoms with Crippen molar-refractivity contribution >= 4 is 34.2 Å². The van der Waals surface area contributed by atoms with Crippen molar-refractivity contribution in [2.45, 2.75) is 12.5 Å². The van der Waals surface area contributed by atoms with E-state index in [1.165, 1.54) is 7.11 Å². The van der Waals surface area contributed by atoms with Gasteiger partial charge in [0, 0.05) is 10.6 Å². The SMILES string of the molecule is COC(=O)CC(NC(=O)c1cccc2ccccc12)c1ccccc1Cl. The van der Waals surface area contributed by atoms with Crippen LogP contribution in [-0.4, -0.2) is 19.0 Å². The number of amides is 1. The Labute approximate surface area is 156 Å². The molecule has 0 fully saturated rings. The van der Waals surface area contributed by atoms with Gasteiger partial charge in [0.05, 0.1) is 19.6 Å². The van der Waals surface area contributed by atoms with Gasteiger partial charge in [-0.1, -0.05) is 66.2 Å². The Balaban J connectivity index is 1.94. The molecule has 3 rings (SSSR count). The summed E-state index contributed by atoms with van der Waals surface area (Å²) in [5, 5.41) is 5.23. The fourth-order valence-corrected chi connectivity index (χ4v) is 3.17. The molecule has 1 amide bonds. The van der Waals surface area contributed by atoms with Crippen LogP contribution in [0.5, 0.6) is 0 Å². The molecule has 0 radical (unpaired) electrons. The monoisotopic (exact) mass is 367 g/mol. The maximum atomic E-state index is 12.9. The highest BCUT2D eigenvalue weighted by molar-refractivity contribution is 6.31. The summed E-state index contributed by atoms with van der Waals surface area (Å²) >= 11 is 6.27. The van der Waals surface area contributed by atoms with Crippen LogP contribution >= 0.6 is 11.6 Å². The van der Waals surface area contributed by atoms with Crippen LogP contribution in [0.15, 0.2) is 66.7 Å². The smallest absolute Gasteiger partial charge is 0.307 e. The Morgan fingerprint density at radius 1 is 1.00 bits per heavy atom. The number of esters is 1. The van der Waals surface area contributed by atoms with Crippen LogP contribution in [0.4, 0.5) is 0 Å². The molecule has 0 aliphatic rings. The molecule has 0 aliphatic heterocycles. The molecular weight excluding hydrogens is 350 g/mol. The van der Waals surface area contributed by atoms with Gasteiger partial charge in [-0.15, -0.1) is 0 Å². The lowest BCUT2D eigenvalue weighted by Gasteiger charge is -2.20. The van der Waals surface area contributed by atoms with E-state index in [2.05, 4.69) is 5.32 Å². The maximum Gasteiger partial charge on any atom is 0.307 e. The van der Waals surface area contributed by atoms with Crippen LogP contribution in [0.25, 0.3) is 10.8 Å². The number of carbonyl (C=O) groups excluding carboxylic acids is 2. The standard InChI is InChI=1S/C21H18ClNO3/c1-26-20(24)13-19(17-10-4-5-12-18(17)22)23-21(25)16-11-6-8-14-7-2-3-9-15(14)16/h2-12,19H,13H2,1H3,(H,23,25). The van der Waals surface area contributed by atoms with Crippen molar-refractivity contribution in [2.24, 2.45) is 0 Å². The highest BCUT2D eigenvalue weighted by Gasteiger charge is 2.22. The van der Waals surface area contributed by atoms with Gasteiger partial charge < -0.3 is 10.1 Å². The number of benzene rings is 3. The van der Waals surface area contributed by atoms with Gasteiger partial charge in [0.1, 0.15) is 0 Å². The van der Waals surface area contributed by atoms with Crippen molar-refractivity contribution in [2.75, 3.05) is 7.11 Å². The fraction of sp³-hybridized carbons (Fsp3) is 0.143. The molecule has 0 bridgehead atoms. The number of nitrogens with one attached hydrogen (secondary N) is 1. The zero-order valence-electron chi connectivity index (χ0n) is 14.2. The average molecular weight is 368 g/mol. The quantitative estimate of drug-likeness (QED) is 0.674. The van der Waals surface area contributed by atoms with E-state index >= 15 is 0 Å². The van der Waals surface area contributed by atoms with E-state index in [0.29, 0.717) is 16.1 Å². The molecule has 0 saturated carbocycles.